The quantitative estimate of drug-likeness (QED) is 0.580. The van der Waals surface area contributed by atoms with Gasteiger partial charge < -0.3 is 24.8 Å². The minimum atomic E-state index is -0.157. The molecule has 0 radical (unpaired) electrons. The van der Waals surface area contributed by atoms with Gasteiger partial charge in [-0.3, -0.25) is 9.59 Å². The number of nitrogens with one attached hydrogen (secondary N) is 2. The van der Waals surface area contributed by atoms with Crippen LogP contribution in [0.25, 0.3) is 0 Å². The van der Waals surface area contributed by atoms with Crippen LogP contribution in [0.2, 0.25) is 0 Å². The second-order valence-corrected chi connectivity index (χ2v) is 10.1. The largest absolute Gasteiger partial charge is 0.375 e. The fraction of sp³-hybridized carbons (Fsp3) is 0.577. The van der Waals surface area contributed by atoms with Gasteiger partial charge in [0.05, 0.1) is 42.1 Å². The average molecular weight is 507 g/mol. The monoisotopic (exact) mass is 506 g/mol. The number of piperazine rings is 1. The van der Waals surface area contributed by atoms with Crippen LogP contribution in [0.3, 0.4) is 0 Å². The zero-order chi connectivity index (χ0) is 25.8. The summed E-state index contributed by atoms with van der Waals surface area (Å²) in [6, 6.07) is 5.92. The van der Waals surface area contributed by atoms with Crippen molar-refractivity contribution in [3.63, 3.8) is 0 Å². The average Bonchev–Trinajstić information content (AvgIpc) is 3.42. The van der Waals surface area contributed by atoms with Crippen LogP contribution in [0.15, 0.2) is 29.3 Å². The molecule has 1 unspecified atom stereocenters. The fourth-order valence-electron chi connectivity index (χ4n) is 5.58. The highest BCUT2D eigenvalue weighted by Gasteiger charge is 2.34. The molecule has 37 heavy (non-hydrogen) atoms. The topological polar surface area (TPSA) is 130 Å². The molecule has 0 saturated carbocycles. The van der Waals surface area contributed by atoms with Gasteiger partial charge in [-0.25, -0.2) is 10.1 Å². The Morgan fingerprint density at radius 1 is 1.19 bits per heavy atom. The minimum Gasteiger partial charge on any atom is -0.375 e. The Balaban J connectivity index is 1.12. The van der Waals surface area contributed by atoms with Gasteiger partial charge >= 0.3 is 0 Å². The highest BCUT2D eigenvalue weighted by atomic mass is 16.5. The molecule has 3 saturated heterocycles. The summed E-state index contributed by atoms with van der Waals surface area (Å²) in [4.78, 5) is 36.0. The molecule has 2 aromatic heterocycles. The van der Waals surface area contributed by atoms with Gasteiger partial charge in [-0.1, -0.05) is 0 Å². The van der Waals surface area contributed by atoms with Gasteiger partial charge in [-0.15, -0.1) is 0 Å². The van der Waals surface area contributed by atoms with Crippen molar-refractivity contribution in [1.29, 1.82) is 5.26 Å². The number of hydrogen-bond donors (Lipinski definition) is 2. The number of nitrogens with zero attached hydrogens (tertiary/aromatic N) is 6. The number of ether oxygens (including phenoxy) is 1. The normalized spacial score (nSPS) is 24.2. The number of nitriles is 1. The first-order valence-corrected chi connectivity index (χ1v) is 13.1. The van der Waals surface area contributed by atoms with Crippen LogP contribution in [0.4, 0.5) is 11.5 Å². The van der Waals surface area contributed by atoms with Crippen LogP contribution in [0, 0.1) is 24.2 Å². The number of carbonyl (C=O) groups excluding carboxylic acids is 1. The first kappa shape index (κ1) is 25.2. The molecule has 2 N–H and O–H groups in total. The van der Waals surface area contributed by atoms with E-state index in [1.165, 1.54) is 0 Å². The van der Waals surface area contributed by atoms with Crippen LogP contribution in [0.1, 0.15) is 30.4 Å². The van der Waals surface area contributed by atoms with Gasteiger partial charge in [-0.05, 0) is 38.3 Å². The van der Waals surface area contributed by atoms with Crippen molar-refractivity contribution >= 4 is 17.4 Å². The Bertz CT molecular complexity index is 1190. The predicted molar refractivity (Wildman–Crippen MR) is 138 cm³/mol. The van der Waals surface area contributed by atoms with Gasteiger partial charge in [-0.2, -0.15) is 10.4 Å². The molecule has 3 fully saturated rings. The first-order valence-electron chi connectivity index (χ1n) is 13.1. The van der Waals surface area contributed by atoms with E-state index in [0.29, 0.717) is 43.8 Å². The molecule has 5 heterocycles. The number of hydrogen-bond acceptors (Lipinski definition) is 9. The van der Waals surface area contributed by atoms with Crippen molar-refractivity contribution in [2.24, 2.45) is 5.92 Å². The molecule has 196 valence electrons. The molecular weight excluding hydrogens is 472 g/mol. The van der Waals surface area contributed by atoms with Crippen molar-refractivity contribution in [2.45, 2.75) is 38.3 Å². The number of amides is 1. The summed E-state index contributed by atoms with van der Waals surface area (Å²) in [6.07, 6.45) is 6.06. The van der Waals surface area contributed by atoms with E-state index in [1.807, 2.05) is 17.9 Å². The fourth-order valence-corrected chi connectivity index (χ4v) is 5.58. The second kappa shape index (κ2) is 11.3. The first-order chi connectivity index (χ1) is 18.0. The lowest BCUT2D eigenvalue weighted by molar-refractivity contribution is -0.138. The Kier molecular flexibility index (Phi) is 7.67. The van der Waals surface area contributed by atoms with E-state index in [1.54, 1.807) is 18.5 Å². The van der Waals surface area contributed by atoms with Gasteiger partial charge in [0.25, 0.3) is 5.56 Å². The van der Waals surface area contributed by atoms with E-state index < -0.39 is 0 Å². The van der Waals surface area contributed by atoms with Crippen LogP contribution in [-0.4, -0.2) is 90.6 Å². The molecule has 0 bridgehead atoms. The molecule has 0 aliphatic carbocycles. The number of anilines is 2. The van der Waals surface area contributed by atoms with Gasteiger partial charge in [0.15, 0.2) is 0 Å². The van der Waals surface area contributed by atoms with Gasteiger partial charge in [0.2, 0.25) is 5.91 Å². The number of aromatic amines is 1. The molecule has 2 aromatic rings. The highest BCUT2D eigenvalue weighted by molar-refractivity contribution is 5.79. The minimum absolute atomic E-state index is 0.0207. The summed E-state index contributed by atoms with van der Waals surface area (Å²) in [5.74, 6) is 0.920. The molecule has 5 rings (SSSR count). The van der Waals surface area contributed by atoms with Gasteiger partial charge in [0, 0.05) is 57.6 Å². The number of rotatable bonds is 6. The lowest BCUT2D eigenvalue weighted by atomic mass is 9.95. The molecular formula is C26H34N8O3. The highest BCUT2D eigenvalue weighted by Crippen LogP contribution is 2.27. The van der Waals surface area contributed by atoms with E-state index in [-0.39, 0.29) is 29.5 Å². The maximum absolute atomic E-state index is 13.3. The SMILES string of the molecule is Cc1c(N2CCC[C@H]2CO[C@@H]2CNCC(C(=O)N3CCN(c4ccc(C#N)cn4)CC3)C2)cn[nH]c1=O. The molecule has 3 aliphatic heterocycles. The predicted octanol–water partition coefficient (Wildman–Crippen LogP) is 0.657. The Morgan fingerprint density at radius 3 is 2.78 bits per heavy atom. The number of piperidine rings is 1. The molecule has 0 aromatic carbocycles. The lowest BCUT2D eigenvalue weighted by Crippen LogP contribution is -2.54. The summed E-state index contributed by atoms with van der Waals surface area (Å²) in [5.41, 5.74) is 1.94. The zero-order valence-corrected chi connectivity index (χ0v) is 21.2. The molecule has 3 atom stereocenters. The standard InChI is InChI=1S/C26H34N8O3/c1-18-23(16-30-31-25(18)35)34-6-2-3-21(34)17-37-22-11-20(14-28-15-22)26(36)33-9-7-32(8-10-33)24-5-4-19(12-27)13-29-24/h4-5,13,16,20-22,28H,2-3,6-11,14-15,17H2,1H3,(H,31,35)/t20?,21-,22-/m0/s1. The Morgan fingerprint density at radius 2 is 2.03 bits per heavy atom. The van der Waals surface area contributed by atoms with Crippen molar-refractivity contribution in [2.75, 3.05) is 62.2 Å². The smallest absolute Gasteiger partial charge is 0.269 e. The number of carbonyl (C=O) groups is 1. The molecule has 0 spiro atoms. The van der Waals surface area contributed by atoms with E-state index in [0.717, 1.165) is 50.5 Å². The molecule has 11 heteroatoms. The van der Waals surface area contributed by atoms with Crippen molar-refractivity contribution < 1.29 is 9.53 Å². The second-order valence-electron chi connectivity index (χ2n) is 10.1. The summed E-state index contributed by atoms with van der Waals surface area (Å²) in [7, 11) is 0. The van der Waals surface area contributed by atoms with Crippen molar-refractivity contribution in [3.8, 4) is 6.07 Å². The third-order valence-electron chi connectivity index (χ3n) is 7.74. The summed E-state index contributed by atoms with van der Waals surface area (Å²) < 4.78 is 6.33. The number of H-pyrrole nitrogens is 1. The maximum Gasteiger partial charge on any atom is 0.269 e. The zero-order valence-electron chi connectivity index (χ0n) is 21.2. The third kappa shape index (κ3) is 5.60. The van der Waals surface area contributed by atoms with E-state index in [2.05, 4.69) is 36.4 Å². The van der Waals surface area contributed by atoms with Crippen LogP contribution >= 0.6 is 0 Å². The summed E-state index contributed by atoms with van der Waals surface area (Å²) in [5, 5.41) is 18.8. The number of aromatic nitrogens is 3. The maximum atomic E-state index is 13.3. The van der Waals surface area contributed by atoms with Crippen LogP contribution in [0.5, 0.6) is 0 Å². The summed E-state index contributed by atoms with van der Waals surface area (Å²) in [6.45, 7) is 7.44. The lowest BCUT2D eigenvalue weighted by Gasteiger charge is -2.39. The van der Waals surface area contributed by atoms with Crippen molar-refractivity contribution in [1.82, 2.24) is 25.4 Å². The van der Waals surface area contributed by atoms with E-state index >= 15 is 0 Å². The van der Waals surface area contributed by atoms with E-state index in [4.69, 9.17) is 10.00 Å². The molecule has 1 amide bonds. The third-order valence-corrected chi connectivity index (χ3v) is 7.74. The van der Waals surface area contributed by atoms with Crippen LogP contribution in [-0.2, 0) is 9.53 Å². The van der Waals surface area contributed by atoms with E-state index in [9.17, 15) is 9.59 Å². The van der Waals surface area contributed by atoms with Crippen LogP contribution < -0.4 is 20.7 Å². The van der Waals surface area contributed by atoms with Gasteiger partial charge in [0.1, 0.15) is 11.9 Å². The van der Waals surface area contributed by atoms with Crippen molar-refractivity contribution in [3.05, 3.63) is 46.0 Å². The number of pyridine rings is 1. The Hall–Kier alpha value is -3.49. The molecule has 3 aliphatic rings. The Labute approximate surface area is 216 Å². The molecule has 11 nitrogen and oxygen atoms in total. The summed E-state index contributed by atoms with van der Waals surface area (Å²) >= 11 is 0.